The molecule has 4 heteroatoms. The highest BCUT2D eigenvalue weighted by atomic mass is 16.5. The van der Waals surface area contributed by atoms with Crippen LogP contribution in [0.3, 0.4) is 0 Å². The van der Waals surface area contributed by atoms with Gasteiger partial charge >= 0.3 is 0 Å². The Morgan fingerprint density at radius 1 is 1.41 bits per heavy atom. The van der Waals surface area contributed by atoms with Gasteiger partial charge in [0.25, 0.3) is 0 Å². The van der Waals surface area contributed by atoms with Crippen LogP contribution in [-0.2, 0) is 11.2 Å². The Morgan fingerprint density at radius 2 is 2.27 bits per heavy atom. The lowest BCUT2D eigenvalue weighted by atomic mass is 9.87. The summed E-state index contributed by atoms with van der Waals surface area (Å²) in [5.41, 5.74) is 1.69. The number of carbonyl (C=O) groups is 1. The highest BCUT2D eigenvalue weighted by Gasteiger charge is 2.21. The summed E-state index contributed by atoms with van der Waals surface area (Å²) in [6.07, 6.45) is 6.72. The zero-order valence-electron chi connectivity index (χ0n) is 13.2. The Kier molecular flexibility index (Phi) is 4.36. The number of ether oxygens (including phenoxy) is 1. The number of nitrogens with one attached hydrogen (secondary N) is 1. The maximum atomic E-state index is 12.3. The molecule has 0 spiro atoms. The first kappa shape index (κ1) is 14.9. The largest absolute Gasteiger partial charge is 0.497 e. The molecule has 1 aliphatic rings. The molecule has 4 nitrogen and oxygen atoms in total. The van der Waals surface area contributed by atoms with Gasteiger partial charge in [-0.3, -0.25) is 4.79 Å². The van der Waals surface area contributed by atoms with Crippen molar-refractivity contribution in [3.63, 3.8) is 0 Å². The Morgan fingerprint density at radius 3 is 3.05 bits per heavy atom. The van der Waals surface area contributed by atoms with Gasteiger partial charge in [0.05, 0.1) is 19.8 Å². The van der Waals surface area contributed by atoms with Crippen molar-refractivity contribution in [1.82, 2.24) is 5.32 Å². The van der Waals surface area contributed by atoms with Crippen molar-refractivity contribution >= 4 is 16.9 Å². The van der Waals surface area contributed by atoms with Crippen molar-refractivity contribution < 1.29 is 13.9 Å². The van der Waals surface area contributed by atoms with Crippen molar-refractivity contribution in [3.05, 3.63) is 30.0 Å². The molecule has 0 bridgehead atoms. The van der Waals surface area contributed by atoms with E-state index in [0.717, 1.165) is 35.1 Å². The van der Waals surface area contributed by atoms with Crippen LogP contribution >= 0.6 is 0 Å². The first-order valence-electron chi connectivity index (χ1n) is 7.99. The lowest BCUT2D eigenvalue weighted by Gasteiger charge is -2.27. The fourth-order valence-electron chi connectivity index (χ4n) is 3.34. The molecule has 1 saturated carbocycles. The van der Waals surface area contributed by atoms with Crippen LogP contribution in [0.5, 0.6) is 5.75 Å². The molecule has 1 heterocycles. The van der Waals surface area contributed by atoms with Gasteiger partial charge in [0.1, 0.15) is 11.3 Å². The van der Waals surface area contributed by atoms with Gasteiger partial charge in [0.15, 0.2) is 0 Å². The topological polar surface area (TPSA) is 51.5 Å². The molecule has 2 unspecified atom stereocenters. The molecule has 1 fully saturated rings. The fourth-order valence-corrected chi connectivity index (χ4v) is 3.34. The monoisotopic (exact) mass is 301 g/mol. The molecule has 3 rings (SSSR count). The highest BCUT2D eigenvalue weighted by Crippen LogP contribution is 2.26. The van der Waals surface area contributed by atoms with E-state index in [9.17, 15) is 4.79 Å². The van der Waals surface area contributed by atoms with E-state index in [1.165, 1.54) is 12.8 Å². The zero-order valence-corrected chi connectivity index (χ0v) is 13.2. The molecule has 0 aliphatic heterocycles. The summed E-state index contributed by atoms with van der Waals surface area (Å²) < 4.78 is 10.7. The van der Waals surface area contributed by atoms with Crippen LogP contribution in [0.2, 0.25) is 0 Å². The Labute approximate surface area is 130 Å². The molecular weight excluding hydrogens is 278 g/mol. The van der Waals surface area contributed by atoms with Gasteiger partial charge in [0, 0.05) is 23.1 Å². The lowest BCUT2D eigenvalue weighted by Crippen LogP contribution is -2.38. The molecule has 22 heavy (non-hydrogen) atoms. The third-order valence-corrected chi connectivity index (χ3v) is 4.52. The molecule has 2 atom stereocenters. The van der Waals surface area contributed by atoms with Gasteiger partial charge < -0.3 is 14.5 Å². The SMILES string of the molecule is COc1ccc2c(CC(=O)NC3CCCC(C)C3)coc2c1. The second kappa shape index (κ2) is 6.42. The first-order chi connectivity index (χ1) is 10.7. The number of amides is 1. The highest BCUT2D eigenvalue weighted by molar-refractivity contribution is 5.88. The minimum Gasteiger partial charge on any atom is -0.497 e. The first-order valence-corrected chi connectivity index (χ1v) is 7.99. The van der Waals surface area contributed by atoms with Crippen molar-refractivity contribution in [2.45, 2.75) is 45.1 Å². The number of methoxy groups -OCH3 is 1. The molecule has 118 valence electrons. The summed E-state index contributed by atoms with van der Waals surface area (Å²) in [6.45, 7) is 2.26. The molecule has 1 aromatic heterocycles. The van der Waals surface area contributed by atoms with Gasteiger partial charge in [-0.1, -0.05) is 19.8 Å². The Bertz CT molecular complexity index is 661. The van der Waals surface area contributed by atoms with Gasteiger partial charge in [0.2, 0.25) is 5.91 Å². The van der Waals surface area contributed by atoms with Gasteiger partial charge in [-0.2, -0.15) is 0 Å². The van der Waals surface area contributed by atoms with Crippen LogP contribution < -0.4 is 10.1 Å². The maximum Gasteiger partial charge on any atom is 0.224 e. The molecular formula is C18H23NO3. The Hall–Kier alpha value is -1.97. The van der Waals surface area contributed by atoms with Crippen LogP contribution in [0.15, 0.2) is 28.9 Å². The van der Waals surface area contributed by atoms with Gasteiger partial charge in [-0.05, 0) is 30.9 Å². The minimum atomic E-state index is 0.0811. The van der Waals surface area contributed by atoms with E-state index < -0.39 is 0 Å². The minimum absolute atomic E-state index is 0.0811. The quantitative estimate of drug-likeness (QED) is 0.937. The number of hydrogen-bond acceptors (Lipinski definition) is 3. The lowest BCUT2D eigenvalue weighted by molar-refractivity contribution is -0.121. The molecule has 2 aromatic rings. The Balaban J connectivity index is 1.66. The normalized spacial score (nSPS) is 21.7. The third kappa shape index (κ3) is 3.26. The van der Waals surface area contributed by atoms with Crippen LogP contribution in [0.1, 0.15) is 38.2 Å². The summed E-state index contributed by atoms with van der Waals surface area (Å²) in [4.78, 5) is 12.3. The summed E-state index contributed by atoms with van der Waals surface area (Å²) in [7, 11) is 1.63. The number of rotatable bonds is 4. The summed E-state index contributed by atoms with van der Waals surface area (Å²) in [5, 5.41) is 4.15. The standard InChI is InChI=1S/C18H23NO3/c1-12-4-3-5-14(8-12)19-18(20)9-13-11-22-17-10-15(21-2)6-7-16(13)17/h6-7,10-12,14H,3-5,8-9H2,1-2H3,(H,19,20). The van der Waals surface area contributed by atoms with Crippen molar-refractivity contribution in [2.24, 2.45) is 5.92 Å². The molecule has 1 aromatic carbocycles. The predicted octanol–water partition coefficient (Wildman–Crippen LogP) is 3.68. The average Bonchev–Trinajstić information content (AvgIpc) is 2.89. The molecule has 0 saturated heterocycles. The number of furan rings is 1. The number of hydrogen-bond donors (Lipinski definition) is 1. The molecule has 1 amide bonds. The summed E-state index contributed by atoms with van der Waals surface area (Å²) in [5.74, 6) is 1.55. The van der Waals surface area contributed by atoms with E-state index in [4.69, 9.17) is 9.15 Å². The molecule has 1 aliphatic carbocycles. The van der Waals surface area contributed by atoms with E-state index in [-0.39, 0.29) is 5.91 Å². The van der Waals surface area contributed by atoms with Crippen molar-refractivity contribution in [2.75, 3.05) is 7.11 Å². The molecule has 0 radical (unpaired) electrons. The predicted molar refractivity (Wildman–Crippen MR) is 86.0 cm³/mol. The van der Waals surface area contributed by atoms with Crippen molar-refractivity contribution in [3.8, 4) is 5.75 Å². The van der Waals surface area contributed by atoms with Crippen LogP contribution in [-0.4, -0.2) is 19.1 Å². The van der Waals surface area contributed by atoms with Crippen molar-refractivity contribution in [1.29, 1.82) is 0 Å². The van der Waals surface area contributed by atoms with Crippen LogP contribution in [0.25, 0.3) is 11.0 Å². The van der Waals surface area contributed by atoms with Gasteiger partial charge in [-0.15, -0.1) is 0 Å². The van der Waals surface area contributed by atoms with E-state index in [2.05, 4.69) is 12.2 Å². The number of carbonyl (C=O) groups excluding carboxylic acids is 1. The van der Waals surface area contributed by atoms with Crippen LogP contribution in [0, 0.1) is 5.92 Å². The van der Waals surface area contributed by atoms with E-state index >= 15 is 0 Å². The third-order valence-electron chi connectivity index (χ3n) is 4.52. The zero-order chi connectivity index (χ0) is 15.5. The number of fused-ring (bicyclic) bond motifs is 1. The maximum absolute atomic E-state index is 12.3. The van der Waals surface area contributed by atoms with Crippen LogP contribution in [0.4, 0.5) is 0 Å². The van der Waals surface area contributed by atoms with E-state index in [1.54, 1.807) is 13.4 Å². The summed E-state index contributed by atoms with van der Waals surface area (Å²) >= 11 is 0. The average molecular weight is 301 g/mol. The van der Waals surface area contributed by atoms with Gasteiger partial charge in [-0.25, -0.2) is 0 Å². The smallest absolute Gasteiger partial charge is 0.224 e. The second-order valence-corrected chi connectivity index (χ2v) is 6.34. The van der Waals surface area contributed by atoms with E-state index in [0.29, 0.717) is 18.4 Å². The fraction of sp³-hybridized carbons (Fsp3) is 0.500. The second-order valence-electron chi connectivity index (χ2n) is 6.34. The van der Waals surface area contributed by atoms with E-state index in [1.807, 2.05) is 18.2 Å². The molecule has 1 N–H and O–H groups in total. The summed E-state index contributed by atoms with van der Waals surface area (Å²) in [6, 6.07) is 6.01. The number of benzene rings is 1.